The molecule has 1 atom stereocenters. The summed E-state index contributed by atoms with van der Waals surface area (Å²) >= 11 is 0. The third-order valence-corrected chi connectivity index (χ3v) is 4.06. The number of nitrogens with one attached hydrogen (secondary N) is 3. The van der Waals surface area contributed by atoms with Crippen LogP contribution in [0.2, 0.25) is 0 Å². The smallest absolute Gasteiger partial charge is 0.338 e. The molecule has 0 fully saturated rings. The molecule has 0 aliphatic rings. The monoisotopic (exact) mass is 379 g/mol. The van der Waals surface area contributed by atoms with Gasteiger partial charge in [0.2, 0.25) is 0 Å². The van der Waals surface area contributed by atoms with Crippen LogP contribution in [0.3, 0.4) is 0 Å². The van der Waals surface area contributed by atoms with Crippen molar-refractivity contribution in [3.63, 3.8) is 0 Å². The molecule has 7 nitrogen and oxygen atoms in total. The minimum atomic E-state index is -0.798. The third-order valence-electron chi connectivity index (χ3n) is 4.06. The first-order chi connectivity index (χ1) is 13.6. The van der Waals surface area contributed by atoms with E-state index in [0.29, 0.717) is 17.2 Å². The van der Waals surface area contributed by atoms with Crippen LogP contribution < -0.4 is 25.6 Å². The number of hydrazine groups is 1. The van der Waals surface area contributed by atoms with Gasteiger partial charge >= 0.3 is 6.03 Å². The zero-order chi connectivity index (χ0) is 19.9. The molecule has 0 bridgehead atoms. The van der Waals surface area contributed by atoms with Crippen molar-refractivity contribution in [1.82, 2.24) is 10.9 Å². The topological polar surface area (TPSA) is 88.7 Å². The standard InChI is InChI=1S/C21H21N3O4/c1-14(28-17-12-11-15-7-3-4-8-16(15)13-17)20(25)23-24-21(26)22-18-9-5-6-10-19(18)27-2/h3-14H,1-2H3,(H,23,25)(H2,22,24,26)/t14-/m0/s1. The molecule has 3 aromatic rings. The minimum absolute atomic E-state index is 0.483. The summed E-state index contributed by atoms with van der Waals surface area (Å²) in [5, 5.41) is 4.70. The zero-order valence-corrected chi connectivity index (χ0v) is 15.6. The Balaban J connectivity index is 1.52. The molecule has 0 saturated carbocycles. The third kappa shape index (κ3) is 4.70. The van der Waals surface area contributed by atoms with Gasteiger partial charge in [0.25, 0.3) is 5.91 Å². The Hall–Kier alpha value is -3.74. The Morgan fingerprint density at radius 2 is 1.61 bits per heavy atom. The fraction of sp³-hybridized carbons (Fsp3) is 0.143. The highest BCUT2D eigenvalue weighted by atomic mass is 16.5. The molecule has 28 heavy (non-hydrogen) atoms. The molecule has 144 valence electrons. The molecule has 0 spiro atoms. The highest BCUT2D eigenvalue weighted by Crippen LogP contribution is 2.23. The number of carbonyl (C=O) groups is 2. The number of fused-ring (bicyclic) bond motifs is 1. The molecule has 0 unspecified atom stereocenters. The quantitative estimate of drug-likeness (QED) is 0.592. The largest absolute Gasteiger partial charge is 0.495 e. The van der Waals surface area contributed by atoms with Gasteiger partial charge in [-0.25, -0.2) is 10.2 Å². The van der Waals surface area contributed by atoms with Gasteiger partial charge in [0.1, 0.15) is 11.5 Å². The number of benzene rings is 3. The number of rotatable bonds is 5. The number of ether oxygens (including phenoxy) is 2. The van der Waals surface area contributed by atoms with Crippen LogP contribution in [0.1, 0.15) is 6.92 Å². The summed E-state index contributed by atoms with van der Waals surface area (Å²) in [6.07, 6.45) is -0.798. The molecular formula is C21H21N3O4. The molecule has 3 aromatic carbocycles. The van der Waals surface area contributed by atoms with Crippen molar-refractivity contribution in [3.05, 3.63) is 66.7 Å². The summed E-state index contributed by atoms with van der Waals surface area (Å²) in [5.74, 6) is 0.597. The van der Waals surface area contributed by atoms with Crippen molar-refractivity contribution in [2.45, 2.75) is 13.0 Å². The summed E-state index contributed by atoms with van der Waals surface area (Å²) < 4.78 is 10.8. The van der Waals surface area contributed by atoms with Crippen LogP contribution in [0.15, 0.2) is 66.7 Å². The second-order valence-electron chi connectivity index (χ2n) is 6.04. The maximum Gasteiger partial charge on any atom is 0.338 e. The normalized spacial score (nSPS) is 11.4. The predicted octanol–water partition coefficient (Wildman–Crippen LogP) is 3.47. The van der Waals surface area contributed by atoms with Crippen LogP contribution in [-0.2, 0) is 4.79 Å². The van der Waals surface area contributed by atoms with Gasteiger partial charge < -0.3 is 14.8 Å². The van der Waals surface area contributed by atoms with Gasteiger partial charge in [-0.2, -0.15) is 0 Å². The van der Waals surface area contributed by atoms with Crippen molar-refractivity contribution >= 4 is 28.4 Å². The van der Waals surface area contributed by atoms with E-state index >= 15 is 0 Å². The highest BCUT2D eigenvalue weighted by Gasteiger charge is 2.16. The molecule has 7 heteroatoms. The Morgan fingerprint density at radius 1 is 0.893 bits per heavy atom. The van der Waals surface area contributed by atoms with Gasteiger partial charge in [0, 0.05) is 0 Å². The van der Waals surface area contributed by atoms with E-state index in [2.05, 4.69) is 16.2 Å². The maximum absolute atomic E-state index is 12.2. The first kappa shape index (κ1) is 19.0. The van der Waals surface area contributed by atoms with Crippen molar-refractivity contribution in [3.8, 4) is 11.5 Å². The molecule has 0 aliphatic carbocycles. The molecule has 0 radical (unpaired) electrons. The lowest BCUT2D eigenvalue weighted by Crippen LogP contribution is -2.48. The molecular weight excluding hydrogens is 358 g/mol. The number of hydrogen-bond acceptors (Lipinski definition) is 4. The van der Waals surface area contributed by atoms with Crippen LogP contribution in [-0.4, -0.2) is 25.2 Å². The van der Waals surface area contributed by atoms with Gasteiger partial charge in [0.15, 0.2) is 6.10 Å². The molecule has 0 heterocycles. The van der Waals surface area contributed by atoms with E-state index in [1.807, 2.05) is 36.4 Å². The lowest BCUT2D eigenvalue weighted by atomic mass is 10.1. The first-order valence-corrected chi connectivity index (χ1v) is 8.72. The average Bonchev–Trinajstić information content (AvgIpc) is 2.72. The van der Waals surface area contributed by atoms with Crippen LogP contribution in [0, 0.1) is 0 Å². The minimum Gasteiger partial charge on any atom is -0.495 e. The first-order valence-electron chi connectivity index (χ1n) is 8.72. The van der Waals surface area contributed by atoms with Crippen LogP contribution in [0.5, 0.6) is 11.5 Å². The van der Waals surface area contributed by atoms with E-state index in [-0.39, 0.29) is 0 Å². The number of methoxy groups -OCH3 is 1. The summed E-state index contributed by atoms with van der Waals surface area (Å²) in [7, 11) is 1.51. The van der Waals surface area contributed by atoms with Crippen molar-refractivity contribution in [2.75, 3.05) is 12.4 Å². The van der Waals surface area contributed by atoms with Crippen LogP contribution in [0.4, 0.5) is 10.5 Å². The van der Waals surface area contributed by atoms with E-state index in [1.165, 1.54) is 7.11 Å². The Morgan fingerprint density at radius 3 is 2.39 bits per heavy atom. The number of anilines is 1. The molecule has 3 N–H and O–H groups in total. The summed E-state index contributed by atoms with van der Waals surface area (Å²) in [6, 6.07) is 19.8. The highest BCUT2D eigenvalue weighted by molar-refractivity contribution is 5.92. The van der Waals surface area contributed by atoms with Crippen molar-refractivity contribution in [1.29, 1.82) is 0 Å². The number of urea groups is 1. The Bertz CT molecular complexity index is 990. The van der Waals surface area contributed by atoms with E-state index in [9.17, 15) is 9.59 Å². The van der Waals surface area contributed by atoms with E-state index < -0.39 is 18.0 Å². The molecule has 3 amide bonds. The van der Waals surface area contributed by atoms with Crippen molar-refractivity contribution < 1.29 is 19.1 Å². The number of para-hydroxylation sites is 2. The van der Waals surface area contributed by atoms with Gasteiger partial charge in [-0.15, -0.1) is 0 Å². The molecule has 3 rings (SSSR count). The Labute approximate surface area is 162 Å². The van der Waals surface area contributed by atoms with E-state index in [4.69, 9.17) is 9.47 Å². The van der Waals surface area contributed by atoms with Gasteiger partial charge in [-0.3, -0.25) is 10.2 Å². The van der Waals surface area contributed by atoms with Gasteiger partial charge in [-0.05, 0) is 42.0 Å². The average molecular weight is 379 g/mol. The molecule has 0 aromatic heterocycles. The van der Waals surface area contributed by atoms with Crippen LogP contribution in [0.25, 0.3) is 10.8 Å². The lowest BCUT2D eigenvalue weighted by molar-refractivity contribution is -0.127. The zero-order valence-electron chi connectivity index (χ0n) is 15.6. The number of hydrogen-bond donors (Lipinski definition) is 3. The predicted molar refractivity (Wildman–Crippen MR) is 107 cm³/mol. The SMILES string of the molecule is COc1ccccc1NC(=O)NNC(=O)[C@H](C)Oc1ccc2ccccc2c1. The molecule has 0 saturated heterocycles. The number of amides is 3. The van der Waals surface area contributed by atoms with E-state index in [1.54, 1.807) is 37.3 Å². The fourth-order valence-corrected chi connectivity index (χ4v) is 2.62. The summed E-state index contributed by atoms with van der Waals surface area (Å²) in [4.78, 5) is 24.2. The van der Waals surface area contributed by atoms with Crippen molar-refractivity contribution in [2.24, 2.45) is 0 Å². The molecule has 0 aliphatic heterocycles. The second kappa shape index (κ2) is 8.77. The summed E-state index contributed by atoms with van der Waals surface area (Å²) in [6.45, 7) is 1.60. The summed E-state index contributed by atoms with van der Waals surface area (Å²) in [5.41, 5.74) is 5.11. The number of carbonyl (C=O) groups excluding carboxylic acids is 2. The maximum atomic E-state index is 12.2. The Kier molecular flexibility index (Phi) is 5.96. The van der Waals surface area contributed by atoms with E-state index in [0.717, 1.165) is 10.8 Å². The van der Waals surface area contributed by atoms with Gasteiger partial charge in [-0.1, -0.05) is 42.5 Å². The lowest BCUT2D eigenvalue weighted by Gasteiger charge is -2.16. The van der Waals surface area contributed by atoms with Crippen LogP contribution >= 0.6 is 0 Å². The van der Waals surface area contributed by atoms with Gasteiger partial charge in [0.05, 0.1) is 12.8 Å². The second-order valence-corrected chi connectivity index (χ2v) is 6.04. The fourth-order valence-electron chi connectivity index (χ4n) is 2.62.